The van der Waals surface area contributed by atoms with Crippen molar-refractivity contribution in [3.63, 3.8) is 0 Å². The highest BCUT2D eigenvalue weighted by Crippen LogP contribution is 2.45. The molecule has 0 spiro atoms. The Hall–Kier alpha value is -2.58. The van der Waals surface area contributed by atoms with E-state index in [1.165, 1.54) is 25.0 Å². The molecule has 2 aromatic rings. The molecule has 0 N–H and O–H groups in total. The highest BCUT2D eigenvalue weighted by Gasteiger charge is 2.48. The smallest absolute Gasteiger partial charge is 0.395 e. The number of carbonyl (C=O) groups is 1. The van der Waals surface area contributed by atoms with Gasteiger partial charge in [0.2, 0.25) is 0 Å². The van der Waals surface area contributed by atoms with E-state index >= 15 is 0 Å². The molecule has 0 unspecified atom stereocenters. The molecule has 2 aliphatic rings. The molecule has 45 heavy (non-hydrogen) atoms. The molecule has 1 saturated heterocycles. The van der Waals surface area contributed by atoms with E-state index in [-0.39, 0.29) is 29.4 Å². The van der Waals surface area contributed by atoms with E-state index in [2.05, 4.69) is 50.2 Å². The maximum absolute atomic E-state index is 14.1. The van der Waals surface area contributed by atoms with Crippen molar-refractivity contribution < 1.29 is 32.2 Å². The van der Waals surface area contributed by atoms with Crippen molar-refractivity contribution in [2.45, 2.75) is 109 Å². The van der Waals surface area contributed by atoms with Crippen LogP contribution in [0, 0.1) is 11.3 Å². The number of halogens is 3. The van der Waals surface area contributed by atoms with Gasteiger partial charge in [-0.15, -0.1) is 0 Å². The Morgan fingerprint density at radius 1 is 1.00 bits per heavy atom. The largest absolute Gasteiger partial charge is 0.497 e. The number of nitrogens with zero attached hydrogens (tertiary/aromatic N) is 1. The maximum Gasteiger partial charge on any atom is 0.395 e. The average molecular weight is 632 g/mol. The maximum atomic E-state index is 14.1. The first kappa shape index (κ1) is 35.3. The van der Waals surface area contributed by atoms with Crippen molar-refractivity contribution in [1.82, 2.24) is 4.90 Å². The molecule has 2 fully saturated rings. The predicted octanol–water partition coefficient (Wildman–Crippen LogP) is 8.84. The zero-order chi connectivity index (χ0) is 32.9. The molecule has 1 saturated carbocycles. The zero-order valence-corrected chi connectivity index (χ0v) is 28.0. The van der Waals surface area contributed by atoms with Crippen molar-refractivity contribution >= 4 is 5.97 Å². The van der Waals surface area contributed by atoms with Crippen LogP contribution in [0.15, 0.2) is 48.5 Å². The van der Waals surface area contributed by atoms with Gasteiger partial charge in [-0.05, 0) is 121 Å². The minimum Gasteiger partial charge on any atom is -0.497 e. The van der Waals surface area contributed by atoms with Crippen LogP contribution < -0.4 is 4.74 Å². The number of ether oxygens (including phenoxy) is 3. The highest BCUT2D eigenvalue weighted by atomic mass is 19.4. The molecule has 0 amide bonds. The van der Waals surface area contributed by atoms with Gasteiger partial charge < -0.3 is 14.2 Å². The summed E-state index contributed by atoms with van der Waals surface area (Å²) in [6.45, 7) is 10.5. The number of benzene rings is 2. The summed E-state index contributed by atoms with van der Waals surface area (Å²) >= 11 is 0. The summed E-state index contributed by atoms with van der Waals surface area (Å²) < 4.78 is 59.1. The quantitative estimate of drug-likeness (QED) is 0.219. The van der Waals surface area contributed by atoms with Crippen LogP contribution >= 0.6 is 0 Å². The molecule has 2 aromatic carbocycles. The second-order valence-electron chi connectivity index (χ2n) is 14.4. The minimum absolute atomic E-state index is 0.0199. The Kier molecular flexibility index (Phi) is 11.3. The van der Waals surface area contributed by atoms with Crippen molar-refractivity contribution in [2.75, 3.05) is 33.4 Å². The number of hydrogen-bond acceptors (Lipinski definition) is 5. The van der Waals surface area contributed by atoms with Gasteiger partial charge in [-0.2, -0.15) is 13.2 Å². The monoisotopic (exact) mass is 631 g/mol. The summed E-state index contributed by atoms with van der Waals surface area (Å²) in [7, 11) is 1.64. The van der Waals surface area contributed by atoms with Gasteiger partial charge in [0.15, 0.2) is 0 Å². The van der Waals surface area contributed by atoms with Gasteiger partial charge in [0.25, 0.3) is 0 Å². The number of alkyl halides is 3. The summed E-state index contributed by atoms with van der Waals surface area (Å²) in [4.78, 5) is 14.1. The molecular formula is C37H52F3NO4. The summed E-state index contributed by atoms with van der Waals surface area (Å²) in [5.41, 5.74) is 0.998. The Bertz CT molecular complexity index is 1230. The summed E-state index contributed by atoms with van der Waals surface area (Å²) in [5, 5.41) is 0. The van der Waals surface area contributed by atoms with E-state index in [1.54, 1.807) is 7.11 Å². The molecule has 250 valence electrons. The lowest BCUT2D eigenvalue weighted by molar-refractivity contribution is -0.217. The van der Waals surface area contributed by atoms with Gasteiger partial charge in [0.1, 0.15) is 5.75 Å². The average Bonchev–Trinajstić information content (AvgIpc) is 2.99. The lowest BCUT2D eigenvalue weighted by atomic mass is 9.67. The molecule has 1 atom stereocenters. The van der Waals surface area contributed by atoms with Gasteiger partial charge in [0.05, 0.1) is 30.7 Å². The summed E-state index contributed by atoms with van der Waals surface area (Å²) in [6, 6.07) is 16.5. The van der Waals surface area contributed by atoms with Gasteiger partial charge in [0, 0.05) is 25.1 Å². The Balaban J connectivity index is 1.51. The van der Waals surface area contributed by atoms with Crippen LogP contribution in [0.2, 0.25) is 0 Å². The van der Waals surface area contributed by atoms with E-state index in [1.807, 2.05) is 24.0 Å². The second-order valence-corrected chi connectivity index (χ2v) is 14.4. The molecule has 1 heterocycles. The summed E-state index contributed by atoms with van der Waals surface area (Å²) in [6.07, 6.45) is 1.52. The second kappa shape index (κ2) is 14.5. The topological polar surface area (TPSA) is 48.0 Å². The fourth-order valence-electron chi connectivity index (χ4n) is 7.34. The molecular weight excluding hydrogens is 579 g/mol. The third-order valence-corrected chi connectivity index (χ3v) is 10.0. The normalized spacial score (nSPS) is 24.0. The molecule has 1 aliphatic carbocycles. The van der Waals surface area contributed by atoms with Crippen molar-refractivity contribution in [1.29, 1.82) is 0 Å². The molecule has 0 aromatic heterocycles. The van der Waals surface area contributed by atoms with Crippen LogP contribution in [0.4, 0.5) is 13.2 Å². The SMILES string of the molecule is CCOC(=O)[C@H]1CC[C@@H](c2ccc(CN(CC[C@@]3(c4ccc(OC)cc4)CCOC(C)(C)C3)CC(C)(C)C(F)(F)F)cc2)CC1. The molecule has 4 rings (SSSR count). The molecule has 8 heteroatoms. The van der Waals surface area contributed by atoms with Crippen LogP contribution in [-0.4, -0.2) is 56.1 Å². The fourth-order valence-corrected chi connectivity index (χ4v) is 7.34. The molecule has 5 nitrogen and oxygen atoms in total. The summed E-state index contributed by atoms with van der Waals surface area (Å²) in [5.74, 6) is 1.05. The first-order valence-electron chi connectivity index (χ1n) is 16.5. The number of methoxy groups -OCH3 is 1. The van der Waals surface area contributed by atoms with E-state index in [9.17, 15) is 18.0 Å². The predicted molar refractivity (Wildman–Crippen MR) is 171 cm³/mol. The standard InChI is InChI=1S/C37H52F3NO4/c1-7-44-33(42)30-14-12-29(13-15-30)28-10-8-27(9-11-28)24-41(26-34(2,3)37(38,39)40)22-20-36(21-23-45-35(4,5)25-36)31-16-18-32(43-6)19-17-31/h8-11,16-19,29-30H,7,12-15,20-26H2,1-6H3/t29-,30+,36-/m1/s1. The zero-order valence-electron chi connectivity index (χ0n) is 28.0. The molecule has 0 bridgehead atoms. The fraction of sp³-hybridized carbons (Fsp3) is 0.649. The lowest BCUT2D eigenvalue weighted by Gasteiger charge is -2.46. The third kappa shape index (κ3) is 9.03. The van der Waals surface area contributed by atoms with Crippen LogP contribution in [-0.2, 0) is 26.2 Å². The lowest BCUT2D eigenvalue weighted by Crippen LogP contribution is -2.47. The molecule has 1 aliphatic heterocycles. The van der Waals surface area contributed by atoms with Crippen LogP contribution in [0.5, 0.6) is 5.75 Å². The number of esters is 1. The van der Waals surface area contributed by atoms with E-state index < -0.39 is 11.6 Å². The Labute approximate surface area is 267 Å². The van der Waals surface area contributed by atoms with Crippen molar-refractivity contribution in [3.05, 3.63) is 65.2 Å². The Morgan fingerprint density at radius 3 is 2.20 bits per heavy atom. The Morgan fingerprint density at radius 2 is 1.64 bits per heavy atom. The van der Waals surface area contributed by atoms with Crippen LogP contribution in [0.25, 0.3) is 0 Å². The minimum atomic E-state index is -4.31. The van der Waals surface area contributed by atoms with Gasteiger partial charge >= 0.3 is 12.1 Å². The third-order valence-electron chi connectivity index (χ3n) is 10.0. The van der Waals surface area contributed by atoms with Gasteiger partial charge in [-0.25, -0.2) is 0 Å². The van der Waals surface area contributed by atoms with Crippen molar-refractivity contribution in [3.8, 4) is 5.75 Å². The number of carbonyl (C=O) groups excluding carboxylic acids is 1. The number of rotatable bonds is 12. The molecule has 0 radical (unpaired) electrons. The van der Waals surface area contributed by atoms with Crippen LogP contribution in [0.1, 0.15) is 102 Å². The van der Waals surface area contributed by atoms with Crippen molar-refractivity contribution in [2.24, 2.45) is 11.3 Å². The first-order valence-corrected chi connectivity index (χ1v) is 16.5. The van der Waals surface area contributed by atoms with Gasteiger partial charge in [-0.3, -0.25) is 9.69 Å². The van der Waals surface area contributed by atoms with Gasteiger partial charge in [-0.1, -0.05) is 36.4 Å². The number of hydrogen-bond donors (Lipinski definition) is 0. The highest BCUT2D eigenvalue weighted by molar-refractivity contribution is 5.72. The van der Waals surface area contributed by atoms with Crippen LogP contribution in [0.3, 0.4) is 0 Å². The van der Waals surface area contributed by atoms with E-state index in [0.29, 0.717) is 32.2 Å². The van der Waals surface area contributed by atoms with E-state index in [4.69, 9.17) is 14.2 Å². The van der Waals surface area contributed by atoms with E-state index in [0.717, 1.165) is 56.3 Å². The first-order chi connectivity index (χ1) is 21.2.